The number of hydrogen-bond donors (Lipinski definition) is 2. The molecule has 0 bridgehead atoms. The molecule has 3 atom stereocenters. The number of piperidine rings is 1. The molecule has 130 valence electrons. The van der Waals surface area contributed by atoms with Crippen LogP contribution in [0.25, 0.3) is 0 Å². The van der Waals surface area contributed by atoms with E-state index in [0.29, 0.717) is 18.0 Å². The van der Waals surface area contributed by atoms with Crippen molar-refractivity contribution < 1.29 is 0 Å². The standard InChI is InChI=1S/C17H34N4.HI/c1-12(2)16(21-8-6-13(3)7-9-21)11-19-17(18-5)20-15-10-14(15)4;/h12-16H,6-11H2,1-5H3,(H2,18,19,20);1H. The van der Waals surface area contributed by atoms with Gasteiger partial charge in [0.05, 0.1) is 0 Å². The summed E-state index contributed by atoms with van der Waals surface area (Å²) in [5, 5.41) is 7.06. The number of nitrogens with one attached hydrogen (secondary N) is 2. The first-order valence-corrected chi connectivity index (χ1v) is 8.72. The minimum absolute atomic E-state index is 0. The van der Waals surface area contributed by atoms with Gasteiger partial charge < -0.3 is 10.6 Å². The van der Waals surface area contributed by atoms with Crippen LogP contribution in [0.4, 0.5) is 0 Å². The Kier molecular flexibility index (Phi) is 8.46. The molecule has 0 amide bonds. The highest BCUT2D eigenvalue weighted by Crippen LogP contribution is 2.28. The molecule has 0 aromatic heterocycles. The molecule has 3 unspecified atom stereocenters. The van der Waals surface area contributed by atoms with Gasteiger partial charge in [0.2, 0.25) is 0 Å². The van der Waals surface area contributed by atoms with E-state index in [-0.39, 0.29) is 24.0 Å². The van der Waals surface area contributed by atoms with Gasteiger partial charge in [-0.15, -0.1) is 24.0 Å². The third kappa shape index (κ3) is 5.87. The predicted molar refractivity (Wildman–Crippen MR) is 106 cm³/mol. The zero-order valence-corrected chi connectivity index (χ0v) is 17.3. The highest BCUT2D eigenvalue weighted by molar-refractivity contribution is 14.0. The first kappa shape index (κ1) is 20.0. The van der Waals surface area contributed by atoms with Crippen LogP contribution in [0.5, 0.6) is 0 Å². The fraction of sp³-hybridized carbons (Fsp3) is 0.941. The van der Waals surface area contributed by atoms with Crippen molar-refractivity contribution in [3.63, 3.8) is 0 Å². The van der Waals surface area contributed by atoms with Crippen molar-refractivity contribution in [1.29, 1.82) is 0 Å². The Morgan fingerprint density at radius 3 is 2.27 bits per heavy atom. The highest BCUT2D eigenvalue weighted by atomic mass is 127. The summed E-state index contributed by atoms with van der Waals surface area (Å²) >= 11 is 0. The molecular weight excluding hydrogens is 387 g/mol. The zero-order valence-electron chi connectivity index (χ0n) is 14.9. The zero-order chi connectivity index (χ0) is 15.4. The van der Waals surface area contributed by atoms with Crippen LogP contribution in [0.1, 0.15) is 47.0 Å². The van der Waals surface area contributed by atoms with Gasteiger partial charge in [-0.05, 0) is 50.1 Å². The maximum atomic E-state index is 4.37. The lowest BCUT2D eigenvalue weighted by Gasteiger charge is -2.39. The van der Waals surface area contributed by atoms with Gasteiger partial charge in [-0.3, -0.25) is 9.89 Å². The fourth-order valence-corrected chi connectivity index (χ4v) is 3.24. The van der Waals surface area contributed by atoms with Gasteiger partial charge in [-0.25, -0.2) is 0 Å². The molecule has 1 aliphatic heterocycles. The monoisotopic (exact) mass is 422 g/mol. The predicted octanol–water partition coefficient (Wildman–Crippen LogP) is 2.93. The van der Waals surface area contributed by atoms with E-state index in [0.717, 1.165) is 24.3 Å². The first-order chi connectivity index (χ1) is 10.0. The summed E-state index contributed by atoms with van der Waals surface area (Å²) < 4.78 is 0. The largest absolute Gasteiger partial charge is 0.355 e. The maximum Gasteiger partial charge on any atom is 0.191 e. The summed E-state index contributed by atoms with van der Waals surface area (Å²) in [5.41, 5.74) is 0. The molecule has 1 aliphatic carbocycles. The molecular formula is C17H35IN4. The summed E-state index contributed by atoms with van der Waals surface area (Å²) in [7, 11) is 1.87. The Bertz CT molecular complexity index is 351. The third-order valence-electron chi connectivity index (χ3n) is 5.19. The molecule has 1 heterocycles. The fourth-order valence-electron chi connectivity index (χ4n) is 3.24. The number of hydrogen-bond acceptors (Lipinski definition) is 2. The van der Waals surface area contributed by atoms with Crippen molar-refractivity contribution in [2.75, 3.05) is 26.7 Å². The number of rotatable bonds is 5. The lowest BCUT2D eigenvalue weighted by molar-refractivity contribution is 0.110. The van der Waals surface area contributed by atoms with E-state index in [9.17, 15) is 0 Å². The van der Waals surface area contributed by atoms with Gasteiger partial charge in [0.25, 0.3) is 0 Å². The Morgan fingerprint density at radius 2 is 1.82 bits per heavy atom. The van der Waals surface area contributed by atoms with Crippen LogP contribution in [-0.2, 0) is 0 Å². The minimum Gasteiger partial charge on any atom is -0.355 e. The summed E-state index contributed by atoms with van der Waals surface area (Å²) in [6.45, 7) is 12.8. The van der Waals surface area contributed by atoms with Crippen LogP contribution in [0, 0.1) is 17.8 Å². The maximum absolute atomic E-state index is 4.37. The summed E-state index contributed by atoms with van der Waals surface area (Å²) in [6.07, 6.45) is 3.96. The van der Waals surface area contributed by atoms with Crippen molar-refractivity contribution in [1.82, 2.24) is 15.5 Å². The Balaban J connectivity index is 0.00000242. The smallest absolute Gasteiger partial charge is 0.191 e. The molecule has 4 nitrogen and oxygen atoms in total. The molecule has 2 N–H and O–H groups in total. The van der Waals surface area contributed by atoms with Crippen LogP contribution < -0.4 is 10.6 Å². The van der Waals surface area contributed by atoms with Crippen molar-refractivity contribution in [2.45, 2.75) is 59.0 Å². The molecule has 2 fully saturated rings. The van der Waals surface area contributed by atoms with E-state index in [4.69, 9.17) is 0 Å². The average Bonchev–Trinajstić information content (AvgIpc) is 3.14. The van der Waals surface area contributed by atoms with Gasteiger partial charge in [0.1, 0.15) is 0 Å². The molecule has 1 saturated heterocycles. The SMILES string of the molecule is CN=C(NCC(C(C)C)N1CCC(C)CC1)NC1CC1C.I. The second-order valence-electron chi connectivity index (χ2n) is 7.45. The molecule has 2 rings (SSSR count). The van der Waals surface area contributed by atoms with E-state index in [1.165, 1.54) is 32.4 Å². The van der Waals surface area contributed by atoms with Crippen LogP contribution >= 0.6 is 24.0 Å². The average molecular weight is 422 g/mol. The Hall–Kier alpha value is -0.0400. The number of aliphatic imine (C=N–C) groups is 1. The summed E-state index contributed by atoms with van der Waals surface area (Å²) in [5.74, 6) is 3.34. The van der Waals surface area contributed by atoms with Crippen molar-refractivity contribution in [3.8, 4) is 0 Å². The molecule has 0 radical (unpaired) electrons. The molecule has 2 aliphatic rings. The molecule has 0 aromatic carbocycles. The second kappa shape index (κ2) is 9.30. The second-order valence-corrected chi connectivity index (χ2v) is 7.45. The quantitative estimate of drug-likeness (QED) is 0.407. The van der Waals surface area contributed by atoms with Crippen LogP contribution in [0.15, 0.2) is 4.99 Å². The first-order valence-electron chi connectivity index (χ1n) is 8.72. The summed E-state index contributed by atoms with van der Waals surface area (Å²) in [4.78, 5) is 7.04. The molecule has 0 aromatic rings. The molecule has 1 saturated carbocycles. The highest BCUT2D eigenvalue weighted by Gasteiger charge is 2.33. The molecule has 5 heteroatoms. The third-order valence-corrected chi connectivity index (χ3v) is 5.19. The van der Waals surface area contributed by atoms with E-state index in [1.54, 1.807) is 0 Å². The lowest BCUT2D eigenvalue weighted by Crippen LogP contribution is -2.51. The molecule has 0 spiro atoms. The van der Waals surface area contributed by atoms with E-state index >= 15 is 0 Å². The summed E-state index contributed by atoms with van der Waals surface area (Å²) in [6, 6.07) is 1.23. The number of nitrogens with zero attached hydrogens (tertiary/aromatic N) is 2. The van der Waals surface area contributed by atoms with E-state index in [1.807, 2.05) is 7.05 Å². The normalized spacial score (nSPS) is 28.2. The van der Waals surface area contributed by atoms with Crippen molar-refractivity contribution >= 4 is 29.9 Å². The van der Waals surface area contributed by atoms with Crippen LogP contribution in [0.2, 0.25) is 0 Å². The van der Waals surface area contributed by atoms with E-state index in [2.05, 4.69) is 48.2 Å². The van der Waals surface area contributed by atoms with E-state index < -0.39 is 0 Å². The molecule has 22 heavy (non-hydrogen) atoms. The lowest BCUT2D eigenvalue weighted by atomic mass is 9.94. The van der Waals surface area contributed by atoms with Crippen molar-refractivity contribution in [2.24, 2.45) is 22.7 Å². The van der Waals surface area contributed by atoms with Gasteiger partial charge in [0.15, 0.2) is 5.96 Å². The Morgan fingerprint density at radius 1 is 1.23 bits per heavy atom. The number of likely N-dealkylation sites (tertiary alicyclic amines) is 1. The van der Waals surface area contributed by atoms with Gasteiger partial charge in [0, 0.05) is 25.7 Å². The van der Waals surface area contributed by atoms with Crippen LogP contribution in [-0.4, -0.2) is 49.6 Å². The number of halogens is 1. The van der Waals surface area contributed by atoms with Gasteiger partial charge in [-0.2, -0.15) is 0 Å². The Labute approximate surface area is 153 Å². The number of guanidine groups is 1. The van der Waals surface area contributed by atoms with Gasteiger partial charge >= 0.3 is 0 Å². The van der Waals surface area contributed by atoms with Gasteiger partial charge in [-0.1, -0.05) is 27.7 Å². The van der Waals surface area contributed by atoms with Crippen LogP contribution in [0.3, 0.4) is 0 Å². The topological polar surface area (TPSA) is 39.7 Å². The minimum atomic E-state index is 0. The van der Waals surface area contributed by atoms with Crippen molar-refractivity contribution in [3.05, 3.63) is 0 Å².